The summed E-state index contributed by atoms with van der Waals surface area (Å²) in [5.74, 6) is -9.76. The van der Waals surface area contributed by atoms with E-state index in [1.54, 1.807) is 164 Å². The van der Waals surface area contributed by atoms with Crippen molar-refractivity contribution in [2.24, 2.45) is 5.73 Å². The van der Waals surface area contributed by atoms with Crippen molar-refractivity contribution >= 4 is 91.4 Å². The zero-order valence-corrected chi connectivity index (χ0v) is 57.2. The summed E-state index contributed by atoms with van der Waals surface area (Å²) >= 11 is 0. The van der Waals surface area contributed by atoms with Crippen molar-refractivity contribution in [3.8, 4) is 0 Å². The third-order valence-electron chi connectivity index (χ3n) is 11.5. The van der Waals surface area contributed by atoms with Gasteiger partial charge in [0.1, 0.15) is 18.0 Å². The van der Waals surface area contributed by atoms with Crippen LogP contribution in [0.1, 0.15) is 68.6 Å². The third-order valence-corrected chi connectivity index (χ3v) is 13.5. The highest BCUT2D eigenvalue weighted by atomic mass is 31.2. The number of carboxylic acid groups (broad SMARTS) is 2. The second-order valence-corrected chi connectivity index (χ2v) is 20.7. The summed E-state index contributed by atoms with van der Waals surface area (Å²) in [6, 6.07) is 50.1. The summed E-state index contributed by atoms with van der Waals surface area (Å²) in [4.78, 5) is 152. The number of methoxy groups -OCH3 is 5. The van der Waals surface area contributed by atoms with Crippen molar-refractivity contribution in [3.63, 3.8) is 0 Å². The monoisotopic (exact) mass is 1430 g/mol. The van der Waals surface area contributed by atoms with Crippen LogP contribution < -0.4 is 32.3 Å². The first-order valence-corrected chi connectivity index (χ1v) is 30.6. The van der Waals surface area contributed by atoms with Crippen molar-refractivity contribution < 1.29 is 120 Å². The predicted octanol–water partition coefficient (Wildman–Crippen LogP) is 5.40. The van der Waals surface area contributed by atoms with E-state index >= 15 is 0 Å². The lowest BCUT2D eigenvalue weighted by Gasteiger charge is -2.23. The van der Waals surface area contributed by atoms with E-state index in [2.05, 4.69) is 60.0 Å². The van der Waals surface area contributed by atoms with Crippen molar-refractivity contribution in [2.45, 2.75) is 30.7 Å². The van der Waals surface area contributed by atoms with E-state index in [0.29, 0.717) is 46.1 Å². The minimum absolute atomic E-state index is 0.0522. The van der Waals surface area contributed by atoms with Crippen LogP contribution in [0.15, 0.2) is 232 Å². The maximum absolute atomic E-state index is 12.3. The molecule has 0 aliphatic carbocycles. The molecular weight excluding hydrogens is 1360 g/mol. The molecule has 544 valence electrons. The molecule has 6 aromatic carbocycles. The molecule has 6 amide bonds. The number of benzene rings is 6. The van der Waals surface area contributed by atoms with Gasteiger partial charge in [-0.05, 0) is 91.4 Å². The number of aliphatic carboxylic acids is 2. The van der Waals surface area contributed by atoms with Crippen molar-refractivity contribution in [1.82, 2.24) is 26.6 Å². The highest BCUT2D eigenvalue weighted by molar-refractivity contribution is 7.55. The summed E-state index contributed by atoms with van der Waals surface area (Å²) in [5.41, 5.74) is 7.61. The van der Waals surface area contributed by atoms with Crippen LogP contribution in [-0.4, -0.2) is 173 Å². The molecule has 4 atom stereocenters. The van der Waals surface area contributed by atoms with E-state index in [1.165, 1.54) is 58.8 Å². The molecule has 0 aliphatic heterocycles. The number of aliphatic hydroxyl groups excluding tert-OH is 1. The molecule has 0 aliphatic rings. The maximum Gasteiger partial charge on any atom is 0.368 e. The van der Waals surface area contributed by atoms with Gasteiger partial charge < -0.3 is 80.4 Å². The van der Waals surface area contributed by atoms with E-state index in [4.69, 9.17) is 49.2 Å². The Morgan fingerprint density at radius 3 is 1.08 bits per heavy atom. The van der Waals surface area contributed by atoms with Gasteiger partial charge in [-0.3, -0.25) is 42.9 Å². The van der Waals surface area contributed by atoms with Gasteiger partial charge in [0.25, 0.3) is 29.5 Å². The molecule has 0 saturated carbocycles. The van der Waals surface area contributed by atoms with Crippen LogP contribution in [0.5, 0.6) is 0 Å². The number of aldehydes is 2. The van der Waals surface area contributed by atoms with Crippen molar-refractivity contribution in [1.29, 1.82) is 0 Å². The van der Waals surface area contributed by atoms with Gasteiger partial charge >= 0.3 is 43.4 Å². The summed E-state index contributed by atoms with van der Waals surface area (Å²) < 4.78 is 44.6. The van der Waals surface area contributed by atoms with Gasteiger partial charge in [0.2, 0.25) is 30.4 Å². The number of primary amides is 1. The second kappa shape index (κ2) is 54.4. The van der Waals surface area contributed by atoms with Crippen LogP contribution in [0, 0.1) is 0 Å². The number of aliphatic hydroxyl groups is 1. The molecule has 6 rings (SSSR count). The van der Waals surface area contributed by atoms with Crippen LogP contribution in [0.2, 0.25) is 0 Å². The topological polar surface area (TPSA) is 468 Å². The number of nitrogens with two attached hydrogens (primary N) is 1. The molecule has 102 heavy (non-hydrogen) atoms. The van der Waals surface area contributed by atoms with Crippen molar-refractivity contribution in [3.05, 3.63) is 265 Å². The normalized spacial score (nSPS) is 10.8. The number of hydrogen-bond acceptors (Lipinski definition) is 23. The molecule has 0 radical (unpaired) electrons. The number of carbonyl (C=O) groups excluding carboxylic acids is 12. The Morgan fingerprint density at radius 2 is 0.804 bits per heavy atom. The van der Waals surface area contributed by atoms with E-state index in [9.17, 15) is 57.3 Å². The van der Waals surface area contributed by atoms with Gasteiger partial charge in [-0.25, -0.2) is 28.8 Å². The number of carbonyl (C=O) groups is 14. The average Bonchev–Trinajstić information content (AvgIpc) is 0.823. The molecule has 0 fully saturated rings. The van der Waals surface area contributed by atoms with Crippen LogP contribution in [0.25, 0.3) is 0 Å². The van der Waals surface area contributed by atoms with Gasteiger partial charge in [0, 0.05) is 54.7 Å². The van der Waals surface area contributed by atoms with Gasteiger partial charge in [-0.2, -0.15) is 0 Å². The maximum atomic E-state index is 12.3. The molecule has 0 heterocycles. The van der Waals surface area contributed by atoms with Crippen LogP contribution in [-0.2, 0) is 75.7 Å². The molecular formula is C70H79N6O25P. The Morgan fingerprint density at radius 1 is 0.471 bits per heavy atom. The lowest BCUT2D eigenvalue weighted by atomic mass is 10.1. The number of esters is 4. The fourth-order valence-corrected chi connectivity index (χ4v) is 7.77. The number of carboxylic acids is 2. The van der Waals surface area contributed by atoms with Crippen LogP contribution in [0.3, 0.4) is 0 Å². The first-order valence-electron chi connectivity index (χ1n) is 28.9. The Balaban J connectivity index is 0. The van der Waals surface area contributed by atoms with E-state index in [-0.39, 0.29) is 29.7 Å². The first-order chi connectivity index (χ1) is 48.6. The van der Waals surface area contributed by atoms with Gasteiger partial charge in [0.15, 0.2) is 0 Å². The molecule has 31 nitrogen and oxygen atoms in total. The predicted molar refractivity (Wildman–Crippen MR) is 369 cm³/mol. The highest BCUT2D eigenvalue weighted by Gasteiger charge is 2.42. The summed E-state index contributed by atoms with van der Waals surface area (Å²) in [5, 5.41) is 36.2. The molecule has 0 spiro atoms. The number of hydrogen-bond donors (Lipinski definition) is 9. The fourth-order valence-electron chi connectivity index (χ4n) is 6.56. The summed E-state index contributed by atoms with van der Waals surface area (Å²) in [6.45, 7) is 10.1. The van der Waals surface area contributed by atoms with Gasteiger partial charge in [0.05, 0.1) is 28.4 Å². The molecule has 10 N–H and O–H groups in total. The van der Waals surface area contributed by atoms with Gasteiger partial charge in [-0.15, -0.1) is 6.58 Å². The smallest absolute Gasteiger partial charge is 0.368 e. The minimum Gasteiger partial charge on any atom is -0.478 e. The van der Waals surface area contributed by atoms with Gasteiger partial charge in [-0.1, -0.05) is 135 Å². The number of allylic oxidation sites excluding steroid dienone is 3. The standard InChI is InChI=1S/C13H15NO3.C13H13NO3.C12H16NO6P.C11H13NO4.C9H9NO4.C7H7NO.C3H4O.C2H2O3/c2*1-3-7-11(13(16)17-2)14-12(15)10-8-5-4-6-9-10;1-17-12(15)11(20(16,18-2)19-3)13-10(14)9-7-5-4-6-8-9;1-15-10(11(14)16-2)12-9(13)8-6-4-3-5-7-8;11-7(10-8(12)9(13)14)6-4-2-1-3-5-6;8-7(9)6-4-2-1-3-5-6;1-2-3-4;3-1-2(4)5/h3-6,8-9,11H,1,7H2,2H3,(H,14,15);3-9H,1H2,2H3,(H,14,15);4-8,11H,1-3H3,(H,13,14);3-7,10H,1-2H3,(H,12,13);1-5,8,12H,(H,10,11)(H,13,14);1-5H,(H2,8,9);2-3H,1H2;1H,(H,4,5)/b;11-7-;;;;;;/t11-;;;;;;;/m0......./s1. The molecule has 0 aromatic heterocycles. The number of ether oxygens (including phenoxy) is 5. The van der Waals surface area contributed by atoms with E-state index in [0.717, 1.165) is 21.3 Å². The highest BCUT2D eigenvalue weighted by Crippen LogP contribution is 2.50. The Bertz CT molecular complexity index is 3710. The van der Waals surface area contributed by atoms with E-state index in [1.807, 2.05) is 17.4 Å². The number of amides is 6. The minimum atomic E-state index is -3.84. The lowest BCUT2D eigenvalue weighted by molar-refractivity contribution is -0.153. The quantitative estimate of drug-likeness (QED) is 0.00398. The zero-order chi connectivity index (χ0) is 77.4. The molecule has 0 saturated heterocycles. The SMILES string of the molecule is C=C/C=C(\NC(=O)c1ccccc1)C(=O)OC.C=CC=O.C=CC[C@H](NC(=O)c1ccccc1)C(=O)OC.COC(=O)C(NC(=O)c1ccccc1)OC.COC(=O)C(NC(=O)c1ccccc1)P(=O)(OC)OC.NC(=O)c1ccccc1.O=C(NC(O)C(=O)O)c1ccccc1.O=CC(=O)O. The Labute approximate surface area is 586 Å². The largest absolute Gasteiger partial charge is 0.478 e. The summed E-state index contributed by atoms with van der Waals surface area (Å²) in [7, 11) is 4.57. The summed E-state index contributed by atoms with van der Waals surface area (Å²) in [6.07, 6.45) is 3.39. The lowest BCUT2D eigenvalue weighted by Crippen LogP contribution is -2.42. The van der Waals surface area contributed by atoms with Crippen LogP contribution in [0.4, 0.5) is 0 Å². The zero-order valence-electron chi connectivity index (χ0n) is 56.3. The van der Waals surface area contributed by atoms with Crippen molar-refractivity contribution in [2.75, 3.05) is 49.8 Å². The number of nitrogens with one attached hydrogen (secondary N) is 5. The van der Waals surface area contributed by atoms with E-state index < -0.39 is 85.4 Å². The fraction of sp³-hybridized carbons (Fsp3) is 0.171. The first kappa shape index (κ1) is 91.4. The second-order valence-electron chi connectivity index (χ2n) is 18.4. The average molecular weight is 1440 g/mol. The van der Waals surface area contributed by atoms with Crippen LogP contribution >= 0.6 is 7.60 Å². The Kier molecular flexibility index (Phi) is 48.7. The Hall–Kier alpha value is -12.7. The third kappa shape index (κ3) is 38.3. The number of rotatable bonds is 25. The molecule has 6 aromatic rings. The molecule has 32 heteroatoms. The molecule has 0 bridgehead atoms. The molecule has 3 unspecified atom stereocenters.